The highest BCUT2D eigenvalue weighted by atomic mass is 16.7. The quantitative estimate of drug-likeness (QED) is 0.458. The fourth-order valence-corrected chi connectivity index (χ4v) is 2.47. The Labute approximate surface area is 127 Å². The summed E-state index contributed by atoms with van der Waals surface area (Å²) in [7, 11) is 0. The van der Waals surface area contributed by atoms with Gasteiger partial charge in [-0.15, -0.1) is 5.06 Å². The average Bonchev–Trinajstić information content (AvgIpc) is 2.78. The van der Waals surface area contributed by atoms with E-state index in [-0.39, 0.29) is 18.8 Å². The van der Waals surface area contributed by atoms with Gasteiger partial charge in [0, 0.05) is 12.8 Å². The third-order valence-electron chi connectivity index (χ3n) is 3.83. The van der Waals surface area contributed by atoms with Crippen molar-refractivity contribution in [3.63, 3.8) is 0 Å². The lowest BCUT2D eigenvalue weighted by Crippen LogP contribution is -2.34. The zero-order valence-electron chi connectivity index (χ0n) is 13.2. The molecule has 5 heteroatoms. The van der Waals surface area contributed by atoms with Gasteiger partial charge in [0.1, 0.15) is 0 Å². The molecule has 1 aliphatic heterocycles. The van der Waals surface area contributed by atoms with Crippen LogP contribution in [0.3, 0.4) is 0 Å². The molecule has 0 bridgehead atoms. The smallest absolute Gasteiger partial charge is 0.330 e. The Morgan fingerprint density at radius 2 is 1.57 bits per heavy atom. The summed E-state index contributed by atoms with van der Waals surface area (Å²) in [6.07, 6.45) is 8.19. The van der Waals surface area contributed by atoms with Crippen LogP contribution in [0.5, 0.6) is 0 Å². The third kappa shape index (κ3) is 5.86. The van der Waals surface area contributed by atoms with Crippen molar-refractivity contribution in [3.05, 3.63) is 0 Å². The van der Waals surface area contributed by atoms with E-state index in [0.717, 1.165) is 44.9 Å². The molecule has 0 aliphatic carbocycles. The summed E-state index contributed by atoms with van der Waals surface area (Å²) in [6.45, 7) is 4.22. The first kappa shape index (κ1) is 17.7. The Kier molecular flexibility index (Phi) is 8.01. The summed E-state index contributed by atoms with van der Waals surface area (Å²) in [5.41, 5.74) is 0. The fourth-order valence-electron chi connectivity index (χ4n) is 2.47. The minimum absolute atomic E-state index is 0.141. The maximum atomic E-state index is 12.2. The molecule has 1 saturated heterocycles. The number of nitrogens with zero attached hydrogens (tertiary/aromatic N) is 1. The molecule has 1 rings (SSSR count). The number of hydrogen-bond acceptors (Lipinski definition) is 4. The van der Waals surface area contributed by atoms with Gasteiger partial charge in [-0.05, 0) is 12.8 Å². The number of carbonyl (C=O) groups excluding carboxylic acids is 3. The second kappa shape index (κ2) is 9.53. The Morgan fingerprint density at radius 1 is 1.00 bits per heavy atom. The van der Waals surface area contributed by atoms with Crippen LogP contribution < -0.4 is 0 Å². The van der Waals surface area contributed by atoms with Crippen molar-refractivity contribution in [2.75, 3.05) is 0 Å². The molecule has 0 radical (unpaired) electrons. The van der Waals surface area contributed by atoms with E-state index in [9.17, 15) is 14.4 Å². The van der Waals surface area contributed by atoms with Crippen molar-refractivity contribution in [2.45, 2.75) is 78.1 Å². The molecular formula is C16H27NO4. The summed E-state index contributed by atoms with van der Waals surface area (Å²) in [5, 5.41) is 0.660. The van der Waals surface area contributed by atoms with Crippen LogP contribution in [0.25, 0.3) is 0 Å². The molecule has 1 fully saturated rings. The zero-order valence-corrected chi connectivity index (χ0v) is 13.2. The van der Waals surface area contributed by atoms with Crippen molar-refractivity contribution in [1.29, 1.82) is 0 Å². The molecule has 0 saturated carbocycles. The molecule has 1 aliphatic rings. The predicted octanol–water partition coefficient (Wildman–Crippen LogP) is 3.37. The van der Waals surface area contributed by atoms with Gasteiger partial charge >= 0.3 is 5.97 Å². The maximum Gasteiger partial charge on any atom is 0.336 e. The predicted molar refractivity (Wildman–Crippen MR) is 79.0 cm³/mol. The number of amides is 2. The standard InChI is InChI=1S/C16H27NO4/c1-3-5-7-8-10-13(9-6-4-2)16(20)21-17-14(18)11-12-15(17)19/h13H,3-12H2,1-2H3. The van der Waals surface area contributed by atoms with Crippen molar-refractivity contribution >= 4 is 17.8 Å². The number of imide groups is 1. The van der Waals surface area contributed by atoms with Crippen LogP contribution >= 0.6 is 0 Å². The van der Waals surface area contributed by atoms with Gasteiger partial charge in [0.25, 0.3) is 11.8 Å². The van der Waals surface area contributed by atoms with Crippen LogP contribution in [-0.4, -0.2) is 22.8 Å². The van der Waals surface area contributed by atoms with Crippen LogP contribution in [0.2, 0.25) is 0 Å². The van der Waals surface area contributed by atoms with Crippen molar-refractivity contribution in [2.24, 2.45) is 5.92 Å². The molecule has 0 aromatic carbocycles. The van der Waals surface area contributed by atoms with Crippen LogP contribution in [0.15, 0.2) is 0 Å². The molecule has 5 nitrogen and oxygen atoms in total. The third-order valence-corrected chi connectivity index (χ3v) is 3.83. The highest BCUT2D eigenvalue weighted by Gasteiger charge is 2.34. The first-order valence-electron chi connectivity index (χ1n) is 8.17. The van der Waals surface area contributed by atoms with Gasteiger partial charge < -0.3 is 4.84 Å². The largest absolute Gasteiger partial charge is 0.336 e. The summed E-state index contributed by atoms with van der Waals surface area (Å²) >= 11 is 0. The lowest BCUT2D eigenvalue weighted by molar-refractivity contribution is -0.201. The molecule has 120 valence electrons. The van der Waals surface area contributed by atoms with Crippen molar-refractivity contribution in [1.82, 2.24) is 5.06 Å². The molecule has 1 atom stereocenters. The van der Waals surface area contributed by atoms with E-state index in [1.165, 1.54) is 6.42 Å². The lowest BCUT2D eigenvalue weighted by Gasteiger charge is -2.19. The highest BCUT2D eigenvalue weighted by Crippen LogP contribution is 2.21. The summed E-state index contributed by atoms with van der Waals surface area (Å²) in [6, 6.07) is 0. The monoisotopic (exact) mass is 297 g/mol. The van der Waals surface area contributed by atoms with Gasteiger partial charge in [-0.2, -0.15) is 0 Å². The van der Waals surface area contributed by atoms with Crippen LogP contribution in [-0.2, 0) is 19.2 Å². The topological polar surface area (TPSA) is 63.7 Å². The summed E-state index contributed by atoms with van der Waals surface area (Å²) in [4.78, 5) is 40.2. The lowest BCUT2D eigenvalue weighted by atomic mass is 9.95. The Balaban J connectivity index is 2.49. The van der Waals surface area contributed by atoms with Gasteiger partial charge in [0.2, 0.25) is 0 Å². The van der Waals surface area contributed by atoms with Crippen molar-refractivity contribution < 1.29 is 19.2 Å². The average molecular weight is 297 g/mol. The number of unbranched alkanes of at least 4 members (excludes halogenated alkanes) is 4. The Hall–Kier alpha value is -1.39. The van der Waals surface area contributed by atoms with E-state index in [4.69, 9.17) is 4.84 Å². The highest BCUT2D eigenvalue weighted by molar-refractivity contribution is 6.01. The fraction of sp³-hybridized carbons (Fsp3) is 0.812. The summed E-state index contributed by atoms with van der Waals surface area (Å²) in [5.74, 6) is -1.45. The minimum atomic E-state index is -0.427. The number of hydrogen-bond donors (Lipinski definition) is 0. The van der Waals surface area contributed by atoms with E-state index >= 15 is 0 Å². The molecule has 0 aromatic rings. The maximum absolute atomic E-state index is 12.2. The Morgan fingerprint density at radius 3 is 2.14 bits per heavy atom. The normalized spacial score (nSPS) is 16.4. The van der Waals surface area contributed by atoms with Gasteiger partial charge in [0.15, 0.2) is 0 Å². The molecular weight excluding hydrogens is 270 g/mol. The Bertz CT molecular complexity index is 351. The molecule has 1 unspecified atom stereocenters. The molecule has 1 heterocycles. The van der Waals surface area contributed by atoms with Crippen molar-refractivity contribution in [3.8, 4) is 0 Å². The molecule has 0 N–H and O–H groups in total. The van der Waals surface area contributed by atoms with Crippen LogP contribution in [0.4, 0.5) is 0 Å². The number of rotatable bonds is 10. The SMILES string of the molecule is CCCCCCC(CCCC)C(=O)ON1C(=O)CCC1=O. The first-order chi connectivity index (χ1) is 10.1. The van der Waals surface area contributed by atoms with Crippen LogP contribution in [0, 0.1) is 5.92 Å². The number of hydroxylamine groups is 2. The zero-order chi connectivity index (χ0) is 15.7. The van der Waals surface area contributed by atoms with E-state index in [0.29, 0.717) is 5.06 Å². The van der Waals surface area contributed by atoms with Gasteiger partial charge in [0.05, 0.1) is 5.92 Å². The first-order valence-corrected chi connectivity index (χ1v) is 8.17. The minimum Gasteiger partial charge on any atom is -0.330 e. The molecule has 21 heavy (non-hydrogen) atoms. The van der Waals surface area contributed by atoms with E-state index in [1.807, 2.05) is 0 Å². The second-order valence-corrected chi connectivity index (χ2v) is 5.68. The molecule has 0 spiro atoms. The second-order valence-electron chi connectivity index (χ2n) is 5.68. The van der Waals surface area contributed by atoms with E-state index in [2.05, 4.69) is 13.8 Å². The van der Waals surface area contributed by atoms with Gasteiger partial charge in [-0.1, -0.05) is 52.4 Å². The van der Waals surface area contributed by atoms with E-state index in [1.54, 1.807) is 0 Å². The van der Waals surface area contributed by atoms with Crippen LogP contribution in [0.1, 0.15) is 78.1 Å². The summed E-state index contributed by atoms with van der Waals surface area (Å²) < 4.78 is 0. The molecule has 0 aromatic heterocycles. The molecule has 2 amide bonds. The van der Waals surface area contributed by atoms with E-state index < -0.39 is 17.8 Å². The number of carbonyl (C=O) groups is 3. The van der Waals surface area contributed by atoms with Gasteiger partial charge in [-0.25, -0.2) is 4.79 Å². The van der Waals surface area contributed by atoms with Gasteiger partial charge in [-0.3, -0.25) is 9.59 Å².